The topological polar surface area (TPSA) is 66.4 Å². The highest BCUT2D eigenvalue weighted by atomic mass is 16.4. The van der Waals surface area contributed by atoms with Gasteiger partial charge >= 0.3 is 5.97 Å². The maximum Gasteiger partial charge on any atom is 0.303 e. The fourth-order valence-electron chi connectivity index (χ4n) is 2.02. The molecule has 0 spiro atoms. The molecule has 1 amide bonds. The number of fused-ring (bicyclic) bond motifs is 1. The van der Waals surface area contributed by atoms with E-state index in [0.717, 1.165) is 22.4 Å². The van der Waals surface area contributed by atoms with Gasteiger partial charge in [0.05, 0.1) is 6.42 Å². The standard InChI is InChI=1S/C12H13NO3/c1-7-8(3-5-12(15)16)2-4-10-9(7)6-11(14)13-10/h2,4H,3,5-6H2,1H3,(H,13,14)(H,15,16). The Morgan fingerprint density at radius 3 is 2.94 bits per heavy atom. The van der Waals surface area contributed by atoms with Crippen LogP contribution in [0.2, 0.25) is 0 Å². The fourth-order valence-corrected chi connectivity index (χ4v) is 2.02. The second-order valence-corrected chi connectivity index (χ2v) is 3.99. The number of carboxylic acid groups (broad SMARTS) is 1. The first-order valence-corrected chi connectivity index (χ1v) is 5.21. The van der Waals surface area contributed by atoms with Gasteiger partial charge in [0.25, 0.3) is 0 Å². The van der Waals surface area contributed by atoms with E-state index in [-0.39, 0.29) is 12.3 Å². The van der Waals surface area contributed by atoms with E-state index in [1.54, 1.807) is 0 Å². The van der Waals surface area contributed by atoms with Crippen LogP contribution in [0.25, 0.3) is 0 Å². The third-order valence-electron chi connectivity index (χ3n) is 2.93. The minimum Gasteiger partial charge on any atom is -0.481 e. The third kappa shape index (κ3) is 1.91. The Morgan fingerprint density at radius 2 is 2.25 bits per heavy atom. The number of aryl methyl sites for hydroxylation is 1. The first kappa shape index (κ1) is 10.7. The Kier molecular flexibility index (Phi) is 2.64. The molecule has 0 saturated heterocycles. The van der Waals surface area contributed by atoms with Gasteiger partial charge < -0.3 is 10.4 Å². The first-order chi connectivity index (χ1) is 7.58. The zero-order valence-corrected chi connectivity index (χ0v) is 9.04. The van der Waals surface area contributed by atoms with E-state index in [1.165, 1.54) is 0 Å². The molecule has 1 aliphatic heterocycles. The van der Waals surface area contributed by atoms with Gasteiger partial charge in [-0.05, 0) is 36.1 Å². The number of carboxylic acids is 1. The van der Waals surface area contributed by atoms with Crippen molar-refractivity contribution in [2.24, 2.45) is 0 Å². The van der Waals surface area contributed by atoms with Crippen molar-refractivity contribution in [1.82, 2.24) is 0 Å². The van der Waals surface area contributed by atoms with E-state index in [1.807, 2.05) is 19.1 Å². The summed E-state index contributed by atoms with van der Waals surface area (Å²) in [6.07, 6.45) is 1.05. The first-order valence-electron chi connectivity index (χ1n) is 5.21. The quantitative estimate of drug-likeness (QED) is 0.809. The van der Waals surface area contributed by atoms with Crippen LogP contribution in [0.15, 0.2) is 12.1 Å². The van der Waals surface area contributed by atoms with E-state index in [2.05, 4.69) is 5.32 Å². The zero-order chi connectivity index (χ0) is 11.7. The van der Waals surface area contributed by atoms with E-state index in [9.17, 15) is 9.59 Å². The maximum absolute atomic E-state index is 11.2. The van der Waals surface area contributed by atoms with E-state index in [0.29, 0.717) is 12.8 Å². The molecule has 0 aliphatic carbocycles. The second kappa shape index (κ2) is 3.96. The van der Waals surface area contributed by atoms with Crippen LogP contribution in [0.4, 0.5) is 5.69 Å². The van der Waals surface area contributed by atoms with Gasteiger partial charge in [-0.15, -0.1) is 0 Å². The second-order valence-electron chi connectivity index (χ2n) is 3.99. The number of carbonyl (C=O) groups is 2. The zero-order valence-electron chi connectivity index (χ0n) is 9.04. The molecule has 0 bridgehead atoms. The van der Waals surface area contributed by atoms with Crippen LogP contribution in [-0.2, 0) is 22.4 Å². The summed E-state index contributed by atoms with van der Waals surface area (Å²) in [7, 11) is 0. The predicted molar refractivity (Wildman–Crippen MR) is 59.5 cm³/mol. The van der Waals surface area contributed by atoms with Crippen molar-refractivity contribution in [2.75, 3.05) is 5.32 Å². The summed E-state index contributed by atoms with van der Waals surface area (Å²) in [5.74, 6) is -0.789. The molecule has 0 aromatic heterocycles. The van der Waals surface area contributed by atoms with Crippen LogP contribution in [-0.4, -0.2) is 17.0 Å². The van der Waals surface area contributed by atoms with Crippen molar-refractivity contribution < 1.29 is 14.7 Å². The number of aliphatic carboxylic acids is 1. The molecule has 4 heteroatoms. The molecule has 2 rings (SSSR count). The van der Waals surface area contributed by atoms with E-state index >= 15 is 0 Å². The van der Waals surface area contributed by atoms with Crippen molar-refractivity contribution in [1.29, 1.82) is 0 Å². The van der Waals surface area contributed by atoms with Crippen molar-refractivity contribution in [3.8, 4) is 0 Å². The lowest BCUT2D eigenvalue weighted by Crippen LogP contribution is -2.03. The summed E-state index contributed by atoms with van der Waals surface area (Å²) in [5, 5.41) is 11.4. The van der Waals surface area contributed by atoms with Gasteiger partial charge in [0.1, 0.15) is 0 Å². The molecule has 2 N–H and O–H groups in total. The van der Waals surface area contributed by atoms with E-state index in [4.69, 9.17) is 5.11 Å². The van der Waals surface area contributed by atoms with Crippen LogP contribution in [0.5, 0.6) is 0 Å². The summed E-state index contributed by atoms with van der Waals surface area (Å²) < 4.78 is 0. The molecule has 1 aromatic carbocycles. The Bertz CT molecular complexity index is 466. The SMILES string of the molecule is Cc1c(CCC(=O)O)ccc2c1CC(=O)N2. The van der Waals surface area contributed by atoms with Crippen LogP contribution in [0.1, 0.15) is 23.1 Å². The molecule has 1 heterocycles. The lowest BCUT2D eigenvalue weighted by atomic mass is 9.97. The summed E-state index contributed by atoms with van der Waals surface area (Å²) in [5.41, 5.74) is 3.92. The average Bonchev–Trinajstić information content (AvgIpc) is 2.58. The molecule has 0 atom stereocenters. The number of amides is 1. The Balaban J connectivity index is 2.26. The summed E-state index contributed by atoms with van der Waals surface area (Å²) in [6, 6.07) is 3.74. The Hall–Kier alpha value is -1.84. The highest BCUT2D eigenvalue weighted by Crippen LogP contribution is 2.28. The number of benzene rings is 1. The molecule has 0 radical (unpaired) electrons. The minimum atomic E-state index is -0.797. The van der Waals surface area contributed by atoms with Gasteiger partial charge in [-0.25, -0.2) is 0 Å². The lowest BCUT2D eigenvalue weighted by molar-refractivity contribution is -0.137. The van der Waals surface area contributed by atoms with Crippen molar-refractivity contribution in [2.45, 2.75) is 26.2 Å². The van der Waals surface area contributed by atoms with Crippen molar-refractivity contribution in [3.05, 3.63) is 28.8 Å². The van der Waals surface area contributed by atoms with Gasteiger partial charge in [0.15, 0.2) is 0 Å². The van der Waals surface area contributed by atoms with Gasteiger partial charge in [-0.2, -0.15) is 0 Å². The van der Waals surface area contributed by atoms with Crippen molar-refractivity contribution >= 4 is 17.6 Å². The van der Waals surface area contributed by atoms with Crippen LogP contribution >= 0.6 is 0 Å². The van der Waals surface area contributed by atoms with Crippen molar-refractivity contribution in [3.63, 3.8) is 0 Å². The number of carbonyl (C=O) groups excluding carboxylic acids is 1. The van der Waals surface area contributed by atoms with Gasteiger partial charge in [-0.1, -0.05) is 6.07 Å². The van der Waals surface area contributed by atoms with Crippen LogP contribution in [0.3, 0.4) is 0 Å². The molecule has 0 saturated carbocycles. The highest BCUT2D eigenvalue weighted by molar-refractivity contribution is 5.99. The van der Waals surface area contributed by atoms with E-state index < -0.39 is 5.97 Å². The summed E-state index contributed by atoms with van der Waals surface area (Å²) in [4.78, 5) is 21.7. The molecule has 84 valence electrons. The van der Waals surface area contributed by atoms with Crippen LogP contribution < -0.4 is 5.32 Å². The molecular weight excluding hydrogens is 206 g/mol. The maximum atomic E-state index is 11.2. The normalized spacial score (nSPS) is 13.4. The Labute approximate surface area is 93.3 Å². The van der Waals surface area contributed by atoms with Crippen LogP contribution in [0, 0.1) is 6.92 Å². The monoisotopic (exact) mass is 219 g/mol. The molecule has 0 unspecified atom stereocenters. The Morgan fingerprint density at radius 1 is 1.50 bits per heavy atom. The van der Waals surface area contributed by atoms with Gasteiger partial charge in [0.2, 0.25) is 5.91 Å². The molecule has 1 aliphatic rings. The fraction of sp³-hybridized carbons (Fsp3) is 0.333. The number of hydrogen-bond donors (Lipinski definition) is 2. The van der Waals surface area contributed by atoms with Gasteiger partial charge in [0, 0.05) is 12.1 Å². The number of rotatable bonds is 3. The minimum absolute atomic E-state index is 0.00786. The molecule has 0 fully saturated rings. The number of hydrogen-bond acceptors (Lipinski definition) is 2. The molecule has 4 nitrogen and oxygen atoms in total. The third-order valence-corrected chi connectivity index (χ3v) is 2.93. The average molecular weight is 219 g/mol. The molecule has 16 heavy (non-hydrogen) atoms. The lowest BCUT2D eigenvalue weighted by Gasteiger charge is -2.08. The summed E-state index contributed by atoms with van der Waals surface area (Å²) >= 11 is 0. The predicted octanol–water partition coefficient (Wildman–Crippen LogP) is 1.51. The smallest absolute Gasteiger partial charge is 0.303 e. The molecule has 1 aromatic rings. The molecular formula is C12H13NO3. The van der Waals surface area contributed by atoms with Gasteiger partial charge in [-0.3, -0.25) is 9.59 Å². The highest BCUT2D eigenvalue weighted by Gasteiger charge is 2.20. The number of nitrogens with one attached hydrogen (secondary N) is 1. The summed E-state index contributed by atoms with van der Waals surface area (Å²) in [6.45, 7) is 1.94. The number of anilines is 1. The largest absolute Gasteiger partial charge is 0.481 e.